The average molecular weight is 202 g/mol. The molecule has 0 bridgehead atoms. The Hall–Kier alpha value is -1.77. The van der Waals surface area contributed by atoms with Crippen molar-refractivity contribution in [2.75, 3.05) is 7.11 Å². The van der Waals surface area contributed by atoms with E-state index < -0.39 is 0 Å². The van der Waals surface area contributed by atoms with Gasteiger partial charge in [-0.1, -0.05) is 13.0 Å². The molecule has 0 radical (unpaired) electrons. The molecular weight excluding hydrogens is 188 g/mol. The number of nitrogens with zero attached hydrogens (tertiary/aromatic N) is 1. The largest absolute Gasteiger partial charge is 0.496 e. The maximum absolute atomic E-state index is 5.29. The molecule has 0 saturated carbocycles. The smallest absolute Gasteiger partial charge is 0.122 e. The molecule has 2 rings (SSSR count). The molecule has 0 aliphatic rings. The Morgan fingerprint density at radius 1 is 1.33 bits per heavy atom. The van der Waals surface area contributed by atoms with Crippen LogP contribution < -0.4 is 4.74 Å². The summed E-state index contributed by atoms with van der Waals surface area (Å²) in [6.07, 6.45) is 4.68. The van der Waals surface area contributed by atoms with Crippen LogP contribution in [0.5, 0.6) is 5.75 Å². The van der Waals surface area contributed by atoms with E-state index >= 15 is 0 Å². The number of hydrogen-bond acceptors (Lipinski definition) is 2. The van der Waals surface area contributed by atoms with Gasteiger partial charge in [0.1, 0.15) is 5.75 Å². The minimum atomic E-state index is 0.949. The van der Waals surface area contributed by atoms with Crippen LogP contribution in [0.2, 0.25) is 0 Å². The molecule has 0 fully saturated rings. The SMILES string of the molecule is CCc1cc(-c2cn[nH]c2)ccc1OC. The fraction of sp³-hybridized carbons (Fsp3) is 0.250. The van der Waals surface area contributed by atoms with E-state index in [1.165, 1.54) is 11.1 Å². The van der Waals surface area contributed by atoms with E-state index in [2.05, 4.69) is 23.2 Å². The first kappa shape index (κ1) is 9.77. The molecule has 0 aliphatic carbocycles. The monoisotopic (exact) mass is 202 g/mol. The van der Waals surface area contributed by atoms with Gasteiger partial charge in [0.15, 0.2) is 0 Å². The van der Waals surface area contributed by atoms with Crippen molar-refractivity contribution in [2.24, 2.45) is 0 Å². The van der Waals surface area contributed by atoms with Crippen molar-refractivity contribution in [1.82, 2.24) is 10.2 Å². The van der Waals surface area contributed by atoms with Crippen molar-refractivity contribution in [3.63, 3.8) is 0 Å². The summed E-state index contributed by atoms with van der Waals surface area (Å²) < 4.78 is 5.29. The molecule has 0 spiro atoms. The van der Waals surface area contributed by atoms with E-state index in [-0.39, 0.29) is 0 Å². The maximum atomic E-state index is 5.29. The van der Waals surface area contributed by atoms with Crippen LogP contribution in [0.4, 0.5) is 0 Å². The lowest BCUT2D eigenvalue weighted by Gasteiger charge is -2.07. The highest BCUT2D eigenvalue weighted by atomic mass is 16.5. The third-order valence-electron chi connectivity index (χ3n) is 2.49. The zero-order valence-corrected chi connectivity index (χ0v) is 8.95. The van der Waals surface area contributed by atoms with Gasteiger partial charge in [-0.3, -0.25) is 5.10 Å². The third kappa shape index (κ3) is 1.86. The zero-order chi connectivity index (χ0) is 10.7. The molecule has 78 valence electrons. The first-order valence-electron chi connectivity index (χ1n) is 5.01. The summed E-state index contributed by atoms with van der Waals surface area (Å²) in [6.45, 7) is 2.12. The maximum Gasteiger partial charge on any atom is 0.122 e. The second kappa shape index (κ2) is 4.17. The number of aromatic amines is 1. The van der Waals surface area contributed by atoms with Crippen molar-refractivity contribution in [2.45, 2.75) is 13.3 Å². The van der Waals surface area contributed by atoms with E-state index in [4.69, 9.17) is 4.74 Å². The van der Waals surface area contributed by atoms with Gasteiger partial charge >= 0.3 is 0 Å². The molecule has 0 aliphatic heterocycles. The molecule has 0 amide bonds. The number of aromatic nitrogens is 2. The Bertz CT molecular complexity index is 435. The first-order chi connectivity index (χ1) is 7.35. The van der Waals surface area contributed by atoms with Crippen LogP contribution in [0, 0.1) is 0 Å². The number of benzene rings is 1. The molecule has 3 heteroatoms. The molecule has 2 aromatic rings. The normalized spacial score (nSPS) is 10.3. The molecule has 1 N–H and O–H groups in total. The topological polar surface area (TPSA) is 37.9 Å². The molecule has 1 aromatic carbocycles. The summed E-state index contributed by atoms with van der Waals surface area (Å²) in [4.78, 5) is 0. The summed E-state index contributed by atoms with van der Waals surface area (Å²) in [5.41, 5.74) is 3.49. The van der Waals surface area contributed by atoms with Gasteiger partial charge in [-0.15, -0.1) is 0 Å². The number of methoxy groups -OCH3 is 1. The van der Waals surface area contributed by atoms with E-state index in [0.717, 1.165) is 17.7 Å². The van der Waals surface area contributed by atoms with Crippen molar-refractivity contribution >= 4 is 0 Å². The molecule has 0 saturated heterocycles. The fourth-order valence-electron chi connectivity index (χ4n) is 1.64. The second-order valence-electron chi connectivity index (χ2n) is 3.37. The van der Waals surface area contributed by atoms with Gasteiger partial charge in [0.25, 0.3) is 0 Å². The van der Waals surface area contributed by atoms with Crippen LogP contribution in [-0.4, -0.2) is 17.3 Å². The van der Waals surface area contributed by atoms with Gasteiger partial charge in [-0.05, 0) is 29.7 Å². The van der Waals surface area contributed by atoms with Crippen molar-refractivity contribution in [1.29, 1.82) is 0 Å². The summed E-state index contributed by atoms with van der Waals surface area (Å²) in [5, 5.41) is 6.75. The Labute approximate surface area is 89.1 Å². The molecule has 1 aromatic heterocycles. The lowest BCUT2D eigenvalue weighted by molar-refractivity contribution is 0.410. The first-order valence-corrected chi connectivity index (χ1v) is 5.01. The number of H-pyrrole nitrogens is 1. The van der Waals surface area contributed by atoms with E-state index in [9.17, 15) is 0 Å². The van der Waals surface area contributed by atoms with Crippen molar-refractivity contribution in [3.8, 4) is 16.9 Å². The van der Waals surface area contributed by atoms with Crippen LogP contribution >= 0.6 is 0 Å². The van der Waals surface area contributed by atoms with Crippen molar-refractivity contribution < 1.29 is 4.74 Å². The van der Waals surface area contributed by atoms with Crippen LogP contribution in [0.25, 0.3) is 11.1 Å². The van der Waals surface area contributed by atoms with Gasteiger partial charge in [0.05, 0.1) is 13.3 Å². The number of aryl methyl sites for hydroxylation is 1. The van der Waals surface area contributed by atoms with Crippen LogP contribution in [-0.2, 0) is 6.42 Å². The number of rotatable bonds is 3. The predicted molar refractivity (Wildman–Crippen MR) is 60.0 cm³/mol. The van der Waals surface area contributed by atoms with E-state index in [1.807, 2.05) is 24.5 Å². The van der Waals surface area contributed by atoms with Gasteiger partial charge < -0.3 is 4.74 Å². The molecule has 15 heavy (non-hydrogen) atoms. The Kier molecular flexibility index (Phi) is 2.72. The van der Waals surface area contributed by atoms with E-state index in [1.54, 1.807) is 7.11 Å². The fourth-order valence-corrected chi connectivity index (χ4v) is 1.64. The highest BCUT2D eigenvalue weighted by Gasteiger charge is 2.04. The quantitative estimate of drug-likeness (QED) is 0.830. The van der Waals surface area contributed by atoms with E-state index in [0.29, 0.717) is 0 Å². The third-order valence-corrected chi connectivity index (χ3v) is 2.49. The number of nitrogens with one attached hydrogen (secondary N) is 1. The van der Waals surface area contributed by atoms with Crippen molar-refractivity contribution in [3.05, 3.63) is 36.2 Å². The summed E-state index contributed by atoms with van der Waals surface area (Å²) >= 11 is 0. The minimum Gasteiger partial charge on any atom is -0.496 e. The molecule has 0 atom stereocenters. The van der Waals surface area contributed by atoms with Gasteiger partial charge in [0, 0.05) is 11.8 Å². The average Bonchev–Trinajstić information content (AvgIpc) is 2.81. The lowest BCUT2D eigenvalue weighted by Crippen LogP contribution is -1.90. The molecule has 3 nitrogen and oxygen atoms in total. The summed E-state index contributed by atoms with van der Waals surface area (Å²) in [5.74, 6) is 0.949. The lowest BCUT2D eigenvalue weighted by atomic mass is 10.0. The highest BCUT2D eigenvalue weighted by Crippen LogP contribution is 2.26. The predicted octanol–water partition coefficient (Wildman–Crippen LogP) is 2.65. The van der Waals surface area contributed by atoms with Crippen LogP contribution in [0.1, 0.15) is 12.5 Å². The summed E-state index contributed by atoms with van der Waals surface area (Å²) in [6, 6.07) is 6.19. The Morgan fingerprint density at radius 3 is 2.80 bits per heavy atom. The standard InChI is InChI=1S/C12H14N2O/c1-3-9-6-10(4-5-12(9)15-2)11-7-13-14-8-11/h4-8H,3H2,1-2H3,(H,13,14). The van der Waals surface area contributed by atoms with Gasteiger partial charge in [0.2, 0.25) is 0 Å². The van der Waals surface area contributed by atoms with Gasteiger partial charge in [-0.2, -0.15) is 5.10 Å². The van der Waals surface area contributed by atoms with Crippen LogP contribution in [0.15, 0.2) is 30.6 Å². The van der Waals surface area contributed by atoms with Crippen LogP contribution in [0.3, 0.4) is 0 Å². The van der Waals surface area contributed by atoms with Gasteiger partial charge in [-0.25, -0.2) is 0 Å². The number of ether oxygens (including phenoxy) is 1. The Morgan fingerprint density at radius 2 is 2.20 bits per heavy atom. The minimum absolute atomic E-state index is 0.949. The Balaban J connectivity index is 2.43. The molecule has 1 heterocycles. The highest BCUT2D eigenvalue weighted by molar-refractivity contribution is 5.64. The molecular formula is C12H14N2O. The second-order valence-corrected chi connectivity index (χ2v) is 3.37. The molecule has 0 unspecified atom stereocenters. The summed E-state index contributed by atoms with van der Waals surface area (Å²) in [7, 11) is 1.70. The number of hydrogen-bond donors (Lipinski definition) is 1. The zero-order valence-electron chi connectivity index (χ0n) is 8.95.